The molecule has 18 heavy (non-hydrogen) atoms. The molecule has 0 aliphatic rings. The molecule has 0 atom stereocenters. The lowest BCUT2D eigenvalue weighted by molar-refractivity contribution is -0.112. The van der Waals surface area contributed by atoms with E-state index >= 15 is 0 Å². The Balaban J connectivity index is 2.51. The molecule has 0 spiro atoms. The molecule has 1 heterocycles. The van der Waals surface area contributed by atoms with Crippen molar-refractivity contribution in [2.24, 2.45) is 0 Å². The van der Waals surface area contributed by atoms with Crippen molar-refractivity contribution in [2.45, 2.75) is 13.5 Å². The number of aromatic amines is 1. The number of H-pyrrole nitrogens is 1. The van der Waals surface area contributed by atoms with Crippen LogP contribution >= 0.6 is 0 Å². The first-order valence-corrected chi connectivity index (χ1v) is 6.00. The maximum Gasteiger partial charge on any atom is 0.152 e. The average Bonchev–Trinajstić information content (AvgIpc) is 2.69. The number of rotatable bonds is 4. The van der Waals surface area contributed by atoms with Gasteiger partial charge in [0.25, 0.3) is 0 Å². The van der Waals surface area contributed by atoms with Crippen molar-refractivity contribution >= 4 is 22.8 Å². The predicted octanol–water partition coefficient (Wildman–Crippen LogP) is 2.83. The van der Waals surface area contributed by atoms with Gasteiger partial charge in [0.1, 0.15) is 0 Å². The molecule has 3 heteroatoms. The number of nitrogens with zero attached hydrogens (tertiary/aromatic N) is 1. The van der Waals surface area contributed by atoms with E-state index in [9.17, 15) is 4.79 Å². The van der Waals surface area contributed by atoms with Gasteiger partial charge in [-0.3, -0.25) is 4.79 Å². The Hall–Kier alpha value is -1.87. The van der Waals surface area contributed by atoms with Crippen molar-refractivity contribution in [3.63, 3.8) is 0 Å². The van der Waals surface area contributed by atoms with Crippen LogP contribution in [0.25, 0.3) is 17.0 Å². The maximum absolute atomic E-state index is 11.1. The predicted molar refractivity (Wildman–Crippen MR) is 75.4 cm³/mol. The number of aromatic nitrogens is 1. The monoisotopic (exact) mass is 242 g/mol. The first-order valence-electron chi connectivity index (χ1n) is 6.00. The molecule has 2 aromatic rings. The Morgan fingerprint density at radius 2 is 2.17 bits per heavy atom. The largest absolute Gasteiger partial charge is 0.361 e. The Morgan fingerprint density at radius 3 is 2.83 bits per heavy atom. The highest BCUT2D eigenvalue weighted by atomic mass is 16.1. The summed E-state index contributed by atoms with van der Waals surface area (Å²) >= 11 is 0. The number of carbonyl (C=O) groups is 1. The number of fused-ring (bicyclic) bond motifs is 1. The van der Waals surface area contributed by atoms with E-state index in [1.165, 1.54) is 10.9 Å². The second-order valence-corrected chi connectivity index (χ2v) is 4.77. The molecule has 1 aromatic heterocycles. The summed E-state index contributed by atoms with van der Waals surface area (Å²) in [4.78, 5) is 16.5. The number of ketones is 1. The lowest BCUT2D eigenvalue weighted by Crippen LogP contribution is -2.10. The zero-order valence-corrected chi connectivity index (χ0v) is 11.0. The minimum Gasteiger partial charge on any atom is -0.361 e. The number of nitrogens with one attached hydrogen (secondary N) is 1. The van der Waals surface area contributed by atoms with Crippen LogP contribution in [0.1, 0.15) is 18.1 Å². The topological polar surface area (TPSA) is 36.1 Å². The number of allylic oxidation sites excluding steroid dienone is 1. The molecule has 0 aliphatic heterocycles. The molecule has 0 amide bonds. The van der Waals surface area contributed by atoms with Crippen LogP contribution in [0.15, 0.2) is 30.5 Å². The van der Waals surface area contributed by atoms with Gasteiger partial charge in [-0.25, -0.2) is 0 Å². The maximum atomic E-state index is 11.1. The summed E-state index contributed by atoms with van der Waals surface area (Å²) in [6.45, 7) is 2.44. The average molecular weight is 242 g/mol. The summed E-state index contributed by atoms with van der Waals surface area (Å²) in [6.07, 6.45) is 5.54. The fourth-order valence-electron chi connectivity index (χ4n) is 2.10. The van der Waals surface area contributed by atoms with E-state index in [4.69, 9.17) is 0 Å². The van der Waals surface area contributed by atoms with Gasteiger partial charge < -0.3 is 9.88 Å². The lowest BCUT2D eigenvalue weighted by atomic mass is 10.1. The van der Waals surface area contributed by atoms with E-state index in [1.54, 1.807) is 13.0 Å². The molecule has 3 nitrogen and oxygen atoms in total. The summed E-state index contributed by atoms with van der Waals surface area (Å²) in [5.41, 5.74) is 3.44. The highest BCUT2D eigenvalue weighted by molar-refractivity contribution is 5.97. The Labute approximate surface area is 107 Å². The van der Waals surface area contributed by atoms with E-state index in [1.807, 2.05) is 38.5 Å². The number of hydrogen-bond donors (Lipinski definition) is 1. The molecule has 2 rings (SSSR count). The fraction of sp³-hybridized carbons (Fsp3) is 0.267. The summed E-state index contributed by atoms with van der Waals surface area (Å²) in [7, 11) is 4.10. The Bertz CT molecular complexity index is 594. The normalized spacial score (nSPS) is 11.8. The summed E-state index contributed by atoms with van der Waals surface area (Å²) < 4.78 is 0. The summed E-state index contributed by atoms with van der Waals surface area (Å²) in [5, 5.41) is 1.20. The zero-order valence-electron chi connectivity index (χ0n) is 11.0. The second kappa shape index (κ2) is 5.19. The van der Waals surface area contributed by atoms with Crippen molar-refractivity contribution in [3.05, 3.63) is 41.6 Å². The van der Waals surface area contributed by atoms with Gasteiger partial charge in [0.2, 0.25) is 0 Å². The molecule has 0 radical (unpaired) electrons. The third-order valence-electron chi connectivity index (χ3n) is 2.80. The second-order valence-electron chi connectivity index (χ2n) is 4.77. The van der Waals surface area contributed by atoms with Crippen LogP contribution in [0.3, 0.4) is 0 Å². The van der Waals surface area contributed by atoms with Crippen molar-refractivity contribution < 1.29 is 4.79 Å². The third-order valence-corrected chi connectivity index (χ3v) is 2.80. The van der Waals surface area contributed by atoms with Crippen molar-refractivity contribution in [3.8, 4) is 0 Å². The van der Waals surface area contributed by atoms with Gasteiger partial charge in [-0.2, -0.15) is 0 Å². The van der Waals surface area contributed by atoms with E-state index in [-0.39, 0.29) is 5.78 Å². The molecule has 0 fully saturated rings. The van der Waals surface area contributed by atoms with Crippen LogP contribution in [0.5, 0.6) is 0 Å². The minimum atomic E-state index is 0.0664. The first kappa shape index (κ1) is 12.6. The molecule has 0 unspecified atom stereocenters. The Kier molecular flexibility index (Phi) is 3.63. The van der Waals surface area contributed by atoms with Crippen LogP contribution in [-0.4, -0.2) is 29.8 Å². The van der Waals surface area contributed by atoms with Crippen LogP contribution in [0, 0.1) is 0 Å². The molecule has 0 aliphatic carbocycles. The van der Waals surface area contributed by atoms with E-state index in [0.717, 1.165) is 17.6 Å². The summed E-state index contributed by atoms with van der Waals surface area (Å²) in [5.74, 6) is 0.0664. The van der Waals surface area contributed by atoms with Gasteiger partial charge >= 0.3 is 0 Å². The van der Waals surface area contributed by atoms with Crippen LogP contribution in [0.2, 0.25) is 0 Å². The van der Waals surface area contributed by atoms with E-state index in [2.05, 4.69) is 16.0 Å². The van der Waals surface area contributed by atoms with Crippen LogP contribution < -0.4 is 0 Å². The molecular weight excluding hydrogens is 224 g/mol. The van der Waals surface area contributed by atoms with Crippen LogP contribution in [0.4, 0.5) is 0 Å². The van der Waals surface area contributed by atoms with Crippen molar-refractivity contribution in [2.75, 3.05) is 14.1 Å². The van der Waals surface area contributed by atoms with E-state index < -0.39 is 0 Å². The quantitative estimate of drug-likeness (QED) is 0.837. The molecular formula is C15H18N2O. The molecule has 0 saturated heterocycles. The SMILES string of the molecule is CC(=O)/C=C/c1cccc2[nH]cc(CN(C)C)c12. The van der Waals surface area contributed by atoms with Gasteiger partial charge in [0.05, 0.1) is 0 Å². The van der Waals surface area contributed by atoms with Gasteiger partial charge in [-0.05, 0) is 44.3 Å². The lowest BCUT2D eigenvalue weighted by Gasteiger charge is -2.09. The molecule has 94 valence electrons. The fourth-order valence-corrected chi connectivity index (χ4v) is 2.10. The molecule has 1 N–H and O–H groups in total. The zero-order chi connectivity index (χ0) is 13.1. The highest BCUT2D eigenvalue weighted by Gasteiger charge is 2.07. The van der Waals surface area contributed by atoms with Gasteiger partial charge in [-0.15, -0.1) is 0 Å². The van der Waals surface area contributed by atoms with E-state index in [0.29, 0.717) is 0 Å². The number of hydrogen-bond acceptors (Lipinski definition) is 2. The number of carbonyl (C=O) groups excluding carboxylic acids is 1. The molecule has 0 saturated carbocycles. The highest BCUT2D eigenvalue weighted by Crippen LogP contribution is 2.24. The standard InChI is InChI=1S/C15H18N2O/c1-11(18)7-8-12-5-4-6-14-15(12)13(9-16-14)10-17(2)3/h4-9,16H,10H2,1-3H3/b8-7+. The molecule has 0 bridgehead atoms. The smallest absolute Gasteiger partial charge is 0.152 e. The van der Waals surface area contributed by atoms with Crippen LogP contribution in [-0.2, 0) is 11.3 Å². The van der Waals surface area contributed by atoms with Crippen molar-refractivity contribution in [1.82, 2.24) is 9.88 Å². The number of benzene rings is 1. The first-order chi connectivity index (χ1) is 8.58. The summed E-state index contributed by atoms with van der Waals surface area (Å²) in [6, 6.07) is 6.09. The minimum absolute atomic E-state index is 0.0664. The molecule has 1 aromatic carbocycles. The third kappa shape index (κ3) is 2.68. The van der Waals surface area contributed by atoms with Crippen molar-refractivity contribution in [1.29, 1.82) is 0 Å². The Morgan fingerprint density at radius 1 is 1.39 bits per heavy atom. The van der Waals surface area contributed by atoms with Gasteiger partial charge in [-0.1, -0.05) is 18.2 Å². The van der Waals surface area contributed by atoms with Gasteiger partial charge in [0, 0.05) is 23.6 Å². The van der Waals surface area contributed by atoms with Gasteiger partial charge in [0.15, 0.2) is 5.78 Å².